The first-order chi connectivity index (χ1) is 10.7. The molecule has 0 radical (unpaired) electrons. The van der Waals surface area contributed by atoms with E-state index in [1.165, 1.54) is 6.26 Å². The van der Waals surface area contributed by atoms with E-state index in [-0.39, 0.29) is 5.43 Å². The van der Waals surface area contributed by atoms with Gasteiger partial charge in [0.25, 0.3) is 0 Å². The van der Waals surface area contributed by atoms with Gasteiger partial charge >= 0.3 is 0 Å². The van der Waals surface area contributed by atoms with E-state index in [0.717, 1.165) is 10.9 Å². The molecule has 0 unspecified atom stereocenters. The molecule has 0 fully saturated rings. The van der Waals surface area contributed by atoms with E-state index in [1.807, 2.05) is 0 Å². The standard InChI is InChI=1S/C17H12BrClO3/c18-7-8-21-13-5-6-14-16(9-13)22-10-15(17(14)20)11-1-3-12(19)4-2-11/h1-6,9-10H,7-8H2. The molecule has 0 spiro atoms. The van der Waals surface area contributed by atoms with Crippen molar-refractivity contribution in [1.82, 2.24) is 0 Å². The van der Waals surface area contributed by atoms with Crippen LogP contribution in [0, 0.1) is 0 Å². The zero-order valence-corrected chi connectivity index (χ0v) is 13.9. The Kier molecular flexibility index (Phi) is 4.50. The van der Waals surface area contributed by atoms with Crippen molar-refractivity contribution in [1.29, 1.82) is 0 Å². The highest BCUT2D eigenvalue weighted by atomic mass is 79.9. The maximum atomic E-state index is 12.6. The predicted octanol–water partition coefficient (Wildman–Crippen LogP) is 4.89. The monoisotopic (exact) mass is 378 g/mol. The second-order valence-electron chi connectivity index (χ2n) is 4.68. The highest BCUT2D eigenvalue weighted by molar-refractivity contribution is 9.09. The summed E-state index contributed by atoms with van der Waals surface area (Å²) in [4.78, 5) is 12.6. The van der Waals surface area contributed by atoms with Gasteiger partial charge < -0.3 is 9.15 Å². The second kappa shape index (κ2) is 6.55. The molecule has 0 amide bonds. The van der Waals surface area contributed by atoms with Gasteiger partial charge in [-0.25, -0.2) is 0 Å². The molecule has 0 aliphatic rings. The molecule has 0 aliphatic carbocycles. The summed E-state index contributed by atoms with van der Waals surface area (Å²) in [6.45, 7) is 0.554. The fourth-order valence-corrected chi connectivity index (χ4v) is 2.47. The molecule has 0 saturated heterocycles. The Morgan fingerprint density at radius 2 is 1.91 bits per heavy atom. The van der Waals surface area contributed by atoms with Crippen LogP contribution in [0.2, 0.25) is 5.02 Å². The number of rotatable bonds is 4. The van der Waals surface area contributed by atoms with Crippen molar-refractivity contribution < 1.29 is 9.15 Å². The van der Waals surface area contributed by atoms with Gasteiger partial charge in [-0.15, -0.1) is 0 Å². The lowest BCUT2D eigenvalue weighted by Gasteiger charge is -2.06. The van der Waals surface area contributed by atoms with Gasteiger partial charge in [-0.3, -0.25) is 4.79 Å². The Hall–Kier alpha value is -1.78. The predicted molar refractivity (Wildman–Crippen MR) is 92.2 cm³/mol. The van der Waals surface area contributed by atoms with Crippen LogP contribution in [0.3, 0.4) is 0 Å². The Morgan fingerprint density at radius 3 is 2.64 bits per heavy atom. The molecule has 2 aromatic carbocycles. The third-order valence-electron chi connectivity index (χ3n) is 3.25. The minimum atomic E-state index is -0.0735. The van der Waals surface area contributed by atoms with Crippen LogP contribution in [-0.4, -0.2) is 11.9 Å². The number of hydrogen-bond donors (Lipinski definition) is 0. The van der Waals surface area contributed by atoms with E-state index < -0.39 is 0 Å². The minimum absolute atomic E-state index is 0.0735. The number of ether oxygens (including phenoxy) is 1. The van der Waals surface area contributed by atoms with Gasteiger partial charge in [-0.2, -0.15) is 0 Å². The fourth-order valence-electron chi connectivity index (χ4n) is 2.18. The normalized spacial score (nSPS) is 10.8. The fraction of sp³-hybridized carbons (Fsp3) is 0.118. The van der Waals surface area contributed by atoms with Crippen molar-refractivity contribution in [2.75, 3.05) is 11.9 Å². The van der Waals surface area contributed by atoms with Gasteiger partial charge in [0.1, 0.15) is 17.6 Å². The molecule has 0 atom stereocenters. The number of alkyl halides is 1. The number of hydrogen-bond acceptors (Lipinski definition) is 3. The van der Waals surface area contributed by atoms with Crippen molar-refractivity contribution in [3.05, 3.63) is 64.0 Å². The maximum absolute atomic E-state index is 12.6. The molecule has 1 aromatic heterocycles. The summed E-state index contributed by atoms with van der Waals surface area (Å²) in [5.74, 6) is 0.675. The molecule has 22 heavy (non-hydrogen) atoms. The molecular formula is C17H12BrClO3. The van der Waals surface area contributed by atoms with E-state index in [0.29, 0.717) is 33.9 Å². The SMILES string of the molecule is O=c1c(-c2ccc(Cl)cc2)coc2cc(OCCBr)ccc12. The second-order valence-corrected chi connectivity index (χ2v) is 5.91. The van der Waals surface area contributed by atoms with Crippen molar-refractivity contribution in [3.8, 4) is 16.9 Å². The Morgan fingerprint density at radius 1 is 1.14 bits per heavy atom. The van der Waals surface area contributed by atoms with Crippen molar-refractivity contribution in [3.63, 3.8) is 0 Å². The maximum Gasteiger partial charge on any atom is 0.200 e. The van der Waals surface area contributed by atoms with Gasteiger partial charge in [-0.05, 0) is 29.8 Å². The van der Waals surface area contributed by atoms with E-state index in [4.69, 9.17) is 20.8 Å². The summed E-state index contributed by atoms with van der Waals surface area (Å²) < 4.78 is 11.1. The first kappa shape index (κ1) is 15.1. The zero-order valence-electron chi connectivity index (χ0n) is 11.5. The average Bonchev–Trinajstić information content (AvgIpc) is 2.54. The summed E-state index contributed by atoms with van der Waals surface area (Å²) in [5, 5.41) is 1.89. The van der Waals surface area contributed by atoms with Gasteiger partial charge in [-0.1, -0.05) is 39.7 Å². The lowest BCUT2D eigenvalue weighted by atomic mass is 10.1. The Bertz CT molecular complexity index is 856. The van der Waals surface area contributed by atoms with Crippen LogP contribution in [-0.2, 0) is 0 Å². The zero-order chi connectivity index (χ0) is 15.5. The van der Waals surface area contributed by atoms with Crippen LogP contribution in [0.4, 0.5) is 0 Å². The summed E-state index contributed by atoms with van der Waals surface area (Å²) in [6, 6.07) is 12.3. The van der Waals surface area contributed by atoms with Crippen LogP contribution in [0.1, 0.15) is 0 Å². The number of halogens is 2. The Balaban J connectivity index is 2.06. The topological polar surface area (TPSA) is 39.4 Å². The highest BCUT2D eigenvalue weighted by Gasteiger charge is 2.10. The van der Waals surface area contributed by atoms with Crippen LogP contribution < -0.4 is 10.2 Å². The molecule has 3 nitrogen and oxygen atoms in total. The molecule has 0 saturated carbocycles. The van der Waals surface area contributed by atoms with Gasteiger partial charge in [0.2, 0.25) is 0 Å². The molecule has 0 aliphatic heterocycles. The van der Waals surface area contributed by atoms with E-state index in [1.54, 1.807) is 42.5 Å². The first-order valence-electron chi connectivity index (χ1n) is 6.69. The van der Waals surface area contributed by atoms with E-state index in [2.05, 4.69) is 15.9 Å². The molecule has 112 valence electrons. The smallest absolute Gasteiger partial charge is 0.200 e. The molecule has 3 rings (SSSR count). The highest BCUT2D eigenvalue weighted by Crippen LogP contribution is 2.24. The van der Waals surface area contributed by atoms with Crippen LogP contribution >= 0.6 is 27.5 Å². The molecule has 1 heterocycles. The third kappa shape index (κ3) is 3.03. The summed E-state index contributed by atoms with van der Waals surface area (Å²) in [6.07, 6.45) is 1.47. The molecule has 5 heteroatoms. The largest absolute Gasteiger partial charge is 0.493 e. The van der Waals surface area contributed by atoms with E-state index >= 15 is 0 Å². The lowest BCUT2D eigenvalue weighted by molar-refractivity contribution is 0.345. The van der Waals surface area contributed by atoms with Gasteiger partial charge in [0.05, 0.1) is 17.6 Å². The quantitative estimate of drug-likeness (QED) is 0.606. The first-order valence-corrected chi connectivity index (χ1v) is 8.19. The third-order valence-corrected chi connectivity index (χ3v) is 3.82. The molecular weight excluding hydrogens is 368 g/mol. The number of fused-ring (bicyclic) bond motifs is 1. The van der Waals surface area contributed by atoms with Gasteiger partial charge in [0.15, 0.2) is 5.43 Å². The van der Waals surface area contributed by atoms with E-state index in [9.17, 15) is 4.79 Å². The average molecular weight is 380 g/mol. The van der Waals surface area contributed by atoms with Crippen molar-refractivity contribution in [2.45, 2.75) is 0 Å². The van der Waals surface area contributed by atoms with Crippen LogP contribution in [0.5, 0.6) is 5.75 Å². The molecule has 3 aromatic rings. The molecule has 0 bridgehead atoms. The minimum Gasteiger partial charge on any atom is -0.493 e. The lowest BCUT2D eigenvalue weighted by Crippen LogP contribution is -2.05. The van der Waals surface area contributed by atoms with Gasteiger partial charge in [0, 0.05) is 16.4 Å². The summed E-state index contributed by atoms with van der Waals surface area (Å²) in [5.41, 5.74) is 1.73. The Labute approximate surface area is 140 Å². The van der Waals surface area contributed by atoms with Crippen molar-refractivity contribution in [2.24, 2.45) is 0 Å². The summed E-state index contributed by atoms with van der Waals surface area (Å²) in [7, 11) is 0. The molecule has 0 N–H and O–H groups in total. The van der Waals surface area contributed by atoms with Crippen molar-refractivity contribution >= 4 is 38.5 Å². The number of benzene rings is 2. The van der Waals surface area contributed by atoms with Crippen LogP contribution in [0.15, 0.2) is 57.9 Å². The van der Waals surface area contributed by atoms with Crippen LogP contribution in [0.25, 0.3) is 22.1 Å². The summed E-state index contributed by atoms with van der Waals surface area (Å²) >= 11 is 9.18.